The number of carbonyl (C=O) groups excluding carboxylic acids is 2. The minimum Gasteiger partial charge on any atom is -0.481 e. The third kappa shape index (κ3) is 5.72. The van der Waals surface area contributed by atoms with Gasteiger partial charge >= 0.3 is 5.97 Å². The van der Waals surface area contributed by atoms with Gasteiger partial charge in [0.2, 0.25) is 5.91 Å². The van der Waals surface area contributed by atoms with Gasteiger partial charge in [-0.1, -0.05) is 36.4 Å². The third-order valence-electron chi connectivity index (χ3n) is 3.68. The predicted molar refractivity (Wildman–Crippen MR) is 95.5 cm³/mol. The van der Waals surface area contributed by atoms with Crippen molar-refractivity contribution in [2.75, 3.05) is 6.54 Å². The van der Waals surface area contributed by atoms with Crippen molar-refractivity contribution in [3.8, 4) is 0 Å². The number of carboxylic acids is 1. The fraction of sp³-hybridized carbons (Fsp3) is 0.278. The Morgan fingerprint density at radius 2 is 1.84 bits per heavy atom. The molecule has 0 saturated heterocycles. The highest BCUT2D eigenvalue weighted by Gasteiger charge is 2.22. The van der Waals surface area contributed by atoms with E-state index < -0.39 is 23.8 Å². The fourth-order valence-electron chi connectivity index (χ4n) is 2.26. The number of amides is 2. The van der Waals surface area contributed by atoms with Crippen molar-refractivity contribution in [3.63, 3.8) is 0 Å². The molecule has 2 rings (SSSR count). The van der Waals surface area contributed by atoms with Gasteiger partial charge in [0, 0.05) is 6.54 Å². The topological polar surface area (TPSA) is 95.5 Å². The molecule has 25 heavy (non-hydrogen) atoms. The lowest BCUT2D eigenvalue weighted by Gasteiger charge is -2.17. The second-order valence-corrected chi connectivity index (χ2v) is 6.59. The van der Waals surface area contributed by atoms with E-state index >= 15 is 0 Å². The van der Waals surface area contributed by atoms with Crippen LogP contribution in [0.15, 0.2) is 47.8 Å². The van der Waals surface area contributed by atoms with Gasteiger partial charge in [-0.2, -0.15) is 0 Å². The molecule has 0 aliphatic rings. The molecule has 1 aromatic heterocycles. The molecule has 2 unspecified atom stereocenters. The molecule has 0 radical (unpaired) electrons. The quantitative estimate of drug-likeness (QED) is 0.670. The normalized spacial score (nSPS) is 12.8. The predicted octanol–water partition coefficient (Wildman–Crippen LogP) is 1.93. The van der Waals surface area contributed by atoms with Crippen molar-refractivity contribution in [1.29, 1.82) is 0 Å². The Kier molecular flexibility index (Phi) is 6.71. The standard InChI is InChI=1S/C18H20N2O4S/c1-12(20-17(22)15-8-5-9-25-15)16(21)19-11-14(18(23)24)10-13-6-3-2-4-7-13/h2-9,12,14H,10-11H2,1H3,(H,19,21)(H,20,22)(H,23,24). The van der Waals surface area contributed by atoms with Crippen molar-refractivity contribution in [2.24, 2.45) is 5.92 Å². The van der Waals surface area contributed by atoms with Gasteiger partial charge < -0.3 is 15.7 Å². The van der Waals surface area contributed by atoms with Gasteiger partial charge in [0.15, 0.2) is 0 Å². The third-order valence-corrected chi connectivity index (χ3v) is 4.55. The minimum absolute atomic E-state index is 0.00226. The Bertz CT molecular complexity index is 716. The van der Waals surface area contributed by atoms with Crippen molar-refractivity contribution in [2.45, 2.75) is 19.4 Å². The number of hydrogen-bond donors (Lipinski definition) is 3. The highest BCUT2D eigenvalue weighted by molar-refractivity contribution is 7.12. The van der Waals surface area contributed by atoms with Crippen LogP contribution in [0, 0.1) is 5.92 Å². The molecule has 1 aromatic carbocycles. The highest BCUT2D eigenvalue weighted by Crippen LogP contribution is 2.09. The number of rotatable bonds is 8. The maximum Gasteiger partial charge on any atom is 0.308 e. The summed E-state index contributed by atoms with van der Waals surface area (Å²) in [6.07, 6.45) is 0.326. The summed E-state index contributed by atoms with van der Waals surface area (Å²) in [6, 6.07) is 11.9. The van der Waals surface area contributed by atoms with Crippen LogP contribution >= 0.6 is 11.3 Å². The number of thiophene rings is 1. The van der Waals surface area contributed by atoms with E-state index in [0.717, 1.165) is 5.56 Å². The molecule has 2 atom stereocenters. The molecule has 2 aromatic rings. The van der Waals surface area contributed by atoms with E-state index in [4.69, 9.17) is 0 Å². The van der Waals surface area contributed by atoms with Gasteiger partial charge in [-0.3, -0.25) is 14.4 Å². The average molecular weight is 360 g/mol. The van der Waals surface area contributed by atoms with Gasteiger partial charge in [-0.25, -0.2) is 0 Å². The van der Waals surface area contributed by atoms with Crippen LogP contribution in [0.25, 0.3) is 0 Å². The minimum atomic E-state index is -0.973. The lowest BCUT2D eigenvalue weighted by atomic mass is 9.99. The molecule has 132 valence electrons. The maximum absolute atomic E-state index is 12.1. The second-order valence-electron chi connectivity index (χ2n) is 5.64. The molecule has 0 saturated carbocycles. The molecule has 3 N–H and O–H groups in total. The van der Waals surface area contributed by atoms with Crippen LogP contribution in [0.3, 0.4) is 0 Å². The first-order chi connectivity index (χ1) is 12.0. The number of hydrogen-bond acceptors (Lipinski definition) is 4. The number of carboxylic acid groups (broad SMARTS) is 1. The van der Waals surface area contributed by atoms with E-state index in [1.54, 1.807) is 24.4 Å². The Morgan fingerprint density at radius 1 is 1.12 bits per heavy atom. The first kappa shape index (κ1) is 18.7. The smallest absolute Gasteiger partial charge is 0.308 e. The van der Waals surface area contributed by atoms with E-state index in [9.17, 15) is 19.5 Å². The van der Waals surface area contributed by atoms with E-state index in [2.05, 4.69) is 10.6 Å². The summed E-state index contributed by atoms with van der Waals surface area (Å²) in [7, 11) is 0. The second kappa shape index (κ2) is 8.98. The highest BCUT2D eigenvalue weighted by atomic mass is 32.1. The van der Waals surface area contributed by atoms with E-state index in [1.807, 2.05) is 30.3 Å². The lowest BCUT2D eigenvalue weighted by molar-refractivity contribution is -0.141. The SMILES string of the molecule is CC(NC(=O)c1cccs1)C(=O)NCC(Cc1ccccc1)C(=O)O. The average Bonchev–Trinajstić information content (AvgIpc) is 3.13. The van der Waals surface area contributed by atoms with Crippen molar-refractivity contribution in [3.05, 3.63) is 58.3 Å². The zero-order valence-corrected chi connectivity index (χ0v) is 14.6. The summed E-state index contributed by atoms with van der Waals surface area (Å²) in [4.78, 5) is 36.0. The van der Waals surface area contributed by atoms with Crippen LogP contribution in [0.4, 0.5) is 0 Å². The zero-order valence-electron chi connectivity index (χ0n) is 13.8. The van der Waals surface area contributed by atoms with Gasteiger partial charge in [-0.15, -0.1) is 11.3 Å². The first-order valence-electron chi connectivity index (χ1n) is 7.86. The molecule has 0 aliphatic carbocycles. The van der Waals surface area contributed by atoms with Gasteiger partial charge in [0.1, 0.15) is 6.04 Å². The number of benzene rings is 1. The van der Waals surface area contributed by atoms with Crippen LogP contribution in [0.2, 0.25) is 0 Å². The van der Waals surface area contributed by atoms with Crippen molar-refractivity contribution in [1.82, 2.24) is 10.6 Å². The Balaban J connectivity index is 1.85. The monoisotopic (exact) mass is 360 g/mol. The van der Waals surface area contributed by atoms with Crippen LogP contribution < -0.4 is 10.6 Å². The molecule has 1 heterocycles. The first-order valence-corrected chi connectivity index (χ1v) is 8.74. The molecule has 2 amide bonds. The van der Waals surface area contributed by atoms with Gasteiger partial charge in [-0.05, 0) is 30.4 Å². The molecule has 6 nitrogen and oxygen atoms in total. The largest absolute Gasteiger partial charge is 0.481 e. The van der Waals surface area contributed by atoms with Crippen LogP contribution in [-0.4, -0.2) is 35.5 Å². The van der Waals surface area contributed by atoms with Crippen LogP contribution in [0.5, 0.6) is 0 Å². The molecule has 0 aliphatic heterocycles. The summed E-state index contributed by atoms with van der Waals surface area (Å²) >= 11 is 1.29. The summed E-state index contributed by atoms with van der Waals surface area (Å²) in [5.41, 5.74) is 0.892. The zero-order chi connectivity index (χ0) is 18.2. The van der Waals surface area contributed by atoms with E-state index in [-0.39, 0.29) is 12.5 Å². The summed E-state index contributed by atoms with van der Waals surface area (Å²) in [5, 5.41) is 16.3. The summed E-state index contributed by atoms with van der Waals surface area (Å²) in [6.45, 7) is 1.57. The Labute approximate surface area is 149 Å². The molecule has 0 bridgehead atoms. The number of nitrogens with one attached hydrogen (secondary N) is 2. The van der Waals surface area contributed by atoms with Gasteiger partial charge in [0.05, 0.1) is 10.8 Å². The summed E-state index contributed by atoms with van der Waals surface area (Å²) in [5.74, 6) is -2.44. The molecule has 7 heteroatoms. The van der Waals surface area contributed by atoms with Gasteiger partial charge in [0.25, 0.3) is 5.91 Å². The summed E-state index contributed by atoms with van der Waals surface area (Å²) < 4.78 is 0. The molecule has 0 spiro atoms. The maximum atomic E-state index is 12.1. The molecule has 0 fully saturated rings. The van der Waals surface area contributed by atoms with Crippen molar-refractivity contribution < 1.29 is 19.5 Å². The van der Waals surface area contributed by atoms with Crippen LogP contribution in [-0.2, 0) is 16.0 Å². The van der Waals surface area contributed by atoms with Crippen molar-refractivity contribution >= 4 is 29.1 Å². The fourth-order valence-corrected chi connectivity index (χ4v) is 2.89. The van der Waals surface area contributed by atoms with Crippen LogP contribution in [0.1, 0.15) is 22.2 Å². The lowest BCUT2D eigenvalue weighted by Crippen LogP contribution is -2.46. The molecular weight excluding hydrogens is 340 g/mol. The van der Waals surface area contributed by atoms with E-state index in [0.29, 0.717) is 11.3 Å². The Morgan fingerprint density at radius 3 is 2.44 bits per heavy atom. The molecular formula is C18H20N2O4S. The Hall–Kier alpha value is -2.67. The number of aliphatic carboxylic acids is 1. The van der Waals surface area contributed by atoms with E-state index in [1.165, 1.54) is 11.3 Å². The number of carbonyl (C=O) groups is 3.